The average Bonchev–Trinajstić information content (AvgIpc) is 2.38. The summed E-state index contributed by atoms with van der Waals surface area (Å²) in [5.41, 5.74) is 6.32. The molecule has 1 aliphatic rings. The Morgan fingerprint density at radius 1 is 1.30 bits per heavy atom. The van der Waals surface area contributed by atoms with Gasteiger partial charge in [0.1, 0.15) is 5.82 Å². The molecular weight excluding hydrogens is 257 g/mol. The van der Waals surface area contributed by atoms with Crippen LogP contribution in [0.1, 0.15) is 24.2 Å². The molecule has 110 valence electrons. The first-order valence-electron chi connectivity index (χ1n) is 7.04. The van der Waals surface area contributed by atoms with Crippen LogP contribution in [0.4, 0.5) is 10.1 Å². The Balaban J connectivity index is 1.98. The molecule has 1 fully saturated rings. The number of amides is 1. The number of nitrogens with zero attached hydrogens (tertiary/aromatic N) is 2. The van der Waals surface area contributed by atoms with Crippen LogP contribution < -0.4 is 5.73 Å². The van der Waals surface area contributed by atoms with Crippen molar-refractivity contribution >= 4 is 11.6 Å². The van der Waals surface area contributed by atoms with Gasteiger partial charge < -0.3 is 10.6 Å². The molecule has 0 radical (unpaired) electrons. The van der Waals surface area contributed by atoms with Crippen molar-refractivity contribution in [3.8, 4) is 0 Å². The zero-order valence-corrected chi connectivity index (χ0v) is 12.1. The van der Waals surface area contributed by atoms with Crippen LogP contribution in [0.3, 0.4) is 0 Å². The van der Waals surface area contributed by atoms with Crippen molar-refractivity contribution in [1.82, 2.24) is 9.80 Å². The number of carbonyl (C=O) groups excluding carboxylic acids is 1. The lowest BCUT2D eigenvalue weighted by molar-refractivity contribution is 0.0625. The van der Waals surface area contributed by atoms with Gasteiger partial charge in [0, 0.05) is 38.4 Å². The maximum Gasteiger partial charge on any atom is 0.256 e. The maximum absolute atomic E-state index is 13.0. The van der Waals surface area contributed by atoms with Crippen LogP contribution in [0, 0.1) is 11.7 Å². The third-order valence-corrected chi connectivity index (χ3v) is 3.53. The summed E-state index contributed by atoms with van der Waals surface area (Å²) in [7, 11) is 0. The van der Waals surface area contributed by atoms with Crippen molar-refractivity contribution in [3.05, 3.63) is 29.6 Å². The number of nitrogens with two attached hydrogens (primary N) is 1. The molecule has 1 amide bonds. The summed E-state index contributed by atoms with van der Waals surface area (Å²) in [6.07, 6.45) is 0. The number of nitrogen functional groups attached to an aromatic ring is 1. The molecule has 1 heterocycles. The second-order valence-corrected chi connectivity index (χ2v) is 5.72. The Morgan fingerprint density at radius 3 is 2.50 bits per heavy atom. The Kier molecular flexibility index (Phi) is 4.60. The van der Waals surface area contributed by atoms with Gasteiger partial charge in [0.25, 0.3) is 5.91 Å². The molecule has 1 aromatic rings. The molecular formula is C15H22FN3O. The SMILES string of the molecule is CC(C)CN1CCN(C(=O)c2ccc(F)cc2N)CC1. The lowest BCUT2D eigenvalue weighted by atomic mass is 10.1. The zero-order chi connectivity index (χ0) is 14.7. The van der Waals surface area contributed by atoms with Gasteiger partial charge in [-0.3, -0.25) is 9.69 Å². The van der Waals surface area contributed by atoms with Gasteiger partial charge in [0.05, 0.1) is 5.56 Å². The number of halogens is 1. The number of carbonyl (C=O) groups is 1. The molecule has 4 nitrogen and oxygen atoms in total. The number of hydrogen-bond acceptors (Lipinski definition) is 3. The standard InChI is InChI=1S/C15H22FN3O/c1-11(2)10-18-5-7-19(8-6-18)15(20)13-4-3-12(16)9-14(13)17/h3-4,9,11H,5-8,10,17H2,1-2H3. The van der Waals surface area contributed by atoms with Gasteiger partial charge >= 0.3 is 0 Å². The van der Waals surface area contributed by atoms with E-state index in [0.717, 1.165) is 19.6 Å². The Bertz CT molecular complexity index is 482. The normalized spacial score (nSPS) is 16.7. The fourth-order valence-corrected chi connectivity index (χ4v) is 2.55. The molecule has 1 aromatic carbocycles. The highest BCUT2D eigenvalue weighted by molar-refractivity contribution is 5.99. The minimum Gasteiger partial charge on any atom is -0.398 e. The average molecular weight is 279 g/mol. The van der Waals surface area contributed by atoms with E-state index in [9.17, 15) is 9.18 Å². The Labute approximate surface area is 119 Å². The number of anilines is 1. The van der Waals surface area contributed by atoms with Crippen molar-refractivity contribution in [2.45, 2.75) is 13.8 Å². The molecule has 0 aromatic heterocycles. The summed E-state index contributed by atoms with van der Waals surface area (Å²) < 4.78 is 13.0. The third-order valence-electron chi connectivity index (χ3n) is 3.53. The summed E-state index contributed by atoms with van der Waals surface area (Å²) in [6.45, 7) is 8.59. The number of hydrogen-bond donors (Lipinski definition) is 1. The Morgan fingerprint density at radius 2 is 1.95 bits per heavy atom. The minimum atomic E-state index is -0.416. The molecule has 1 aliphatic heterocycles. The second kappa shape index (κ2) is 6.22. The molecule has 1 saturated heterocycles. The van der Waals surface area contributed by atoms with Crippen molar-refractivity contribution in [2.75, 3.05) is 38.5 Å². The molecule has 0 aliphatic carbocycles. The summed E-state index contributed by atoms with van der Waals surface area (Å²) in [6, 6.07) is 3.94. The summed E-state index contributed by atoms with van der Waals surface area (Å²) >= 11 is 0. The topological polar surface area (TPSA) is 49.6 Å². The largest absolute Gasteiger partial charge is 0.398 e. The van der Waals surface area contributed by atoms with Crippen LogP contribution in [0.5, 0.6) is 0 Å². The summed E-state index contributed by atoms with van der Waals surface area (Å²) in [5, 5.41) is 0. The molecule has 0 bridgehead atoms. The predicted octanol–water partition coefficient (Wildman–Crippen LogP) is 1.82. The molecule has 0 spiro atoms. The summed E-state index contributed by atoms with van der Waals surface area (Å²) in [5.74, 6) is 0.109. The molecule has 5 heteroatoms. The van der Waals surface area contributed by atoms with Crippen molar-refractivity contribution in [1.29, 1.82) is 0 Å². The molecule has 2 rings (SSSR count). The molecule has 0 saturated carbocycles. The monoisotopic (exact) mass is 279 g/mol. The Hall–Kier alpha value is -1.62. The highest BCUT2D eigenvalue weighted by atomic mass is 19.1. The lowest BCUT2D eigenvalue weighted by Crippen LogP contribution is -2.49. The van der Waals surface area contributed by atoms with Gasteiger partial charge in [-0.05, 0) is 24.1 Å². The van der Waals surface area contributed by atoms with E-state index in [1.54, 1.807) is 4.90 Å². The zero-order valence-electron chi connectivity index (χ0n) is 12.1. The first-order chi connectivity index (χ1) is 9.47. The highest BCUT2D eigenvalue weighted by Gasteiger charge is 2.23. The van der Waals surface area contributed by atoms with E-state index in [0.29, 0.717) is 24.6 Å². The predicted molar refractivity (Wildman–Crippen MR) is 78.0 cm³/mol. The van der Waals surface area contributed by atoms with Crippen molar-refractivity contribution in [2.24, 2.45) is 5.92 Å². The molecule has 0 atom stereocenters. The minimum absolute atomic E-state index is 0.105. The van der Waals surface area contributed by atoms with Crippen molar-refractivity contribution in [3.63, 3.8) is 0 Å². The van der Waals surface area contributed by atoms with Crippen LogP contribution in [0.15, 0.2) is 18.2 Å². The van der Waals surface area contributed by atoms with E-state index in [4.69, 9.17) is 5.73 Å². The number of benzene rings is 1. The van der Waals surface area contributed by atoms with E-state index < -0.39 is 5.82 Å². The van der Waals surface area contributed by atoms with Crippen LogP contribution in [-0.2, 0) is 0 Å². The molecule has 20 heavy (non-hydrogen) atoms. The van der Waals surface area contributed by atoms with Gasteiger partial charge in [-0.15, -0.1) is 0 Å². The summed E-state index contributed by atoms with van der Waals surface area (Å²) in [4.78, 5) is 16.5. The fraction of sp³-hybridized carbons (Fsp3) is 0.533. The maximum atomic E-state index is 13.0. The van der Waals surface area contributed by atoms with E-state index >= 15 is 0 Å². The van der Waals surface area contributed by atoms with E-state index in [-0.39, 0.29) is 11.6 Å². The first-order valence-corrected chi connectivity index (χ1v) is 7.04. The first kappa shape index (κ1) is 14.8. The lowest BCUT2D eigenvalue weighted by Gasteiger charge is -2.35. The van der Waals surface area contributed by atoms with Crippen LogP contribution in [0.2, 0.25) is 0 Å². The quantitative estimate of drug-likeness (QED) is 0.859. The van der Waals surface area contributed by atoms with E-state index in [1.165, 1.54) is 18.2 Å². The highest BCUT2D eigenvalue weighted by Crippen LogP contribution is 2.17. The fourth-order valence-electron chi connectivity index (χ4n) is 2.55. The third kappa shape index (κ3) is 3.48. The smallest absolute Gasteiger partial charge is 0.256 e. The van der Waals surface area contributed by atoms with Crippen molar-refractivity contribution < 1.29 is 9.18 Å². The second-order valence-electron chi connectivity index (χ2n) is 5.72. The van der Waals surface area contributed by atoms with Gasteiger partial charge in [0.15, 0.2) is 0 Å². The molecule has 2 N–H and O–H groups in total. The van der Waals surface area contributed by atoms with Gasteiger partial charge in [-0.2, -0.15) is 0 Å². The van der Waals surface area contributed by atoms with E-state index in [1.807, 2.05) is 0 Å². The van der Waals surface area contributed by atoms with Gasteiger partial charge in [0.2, 0.25) is 0 Å². The molecule has 0 unspecified atom stereocenters. The van der Waals surface area contributed by atoms with Crippen LogP contribution in [0.25, 0.3) is 0 Å². The van der Waals surface area contributed by atoms with Crippen LogP contribution >= 0.6 is 0 Å². The number of rotatable bonds is 3. The van der Waals surface area contributed by atoms with Gasteiger partial charge in [-0.25, -0.2) is 4.39 Å². The van der Waals surface area contributed by atoms with Gasteiger partial charge in [-0.1, -0.05) is 13.8 Å². The van der Waals surface area contributed by atoms with E-state index in [2.05, 4.69) is 18.7 Å². The number of piperazine rings is 1. The van der Waals surface area contributed by atoms with Crippen LogP contribution in [-0.4, -0.2) is 48.4 Å².